The summed E-state index contributed by atoms with van der Waals surface area (Å²) in [6.45, 7) is 2.85. The number of carbonyl (C=O) groups is 3. The standard InChI is InChI=1S/C10H18N2O5/c1-2-17-5-3-4-9(14)12-7(10(15)16)6-8(11)13/h7H,2-6H2,1H3,(H2,11,13)(H,12,14)(H,15,16)/t7-/m1/s1. The van der Waals surface area contributed by atoms with Gasteiger partial charge in [-0.3, -0.25) is 9.59 Å². The highest BCUT2D eigenvalue weighted by atomic mass is 16.5. The number of ether oxygens (including phenoxy) is 1. The molecule has 1 atom stereocenters. The minimum Gasteiger partial charge on any atom is -0.480 e. The Balaban J connectivity index is 3.96. The third-order valence-electron chi connectivity index (χ3n) is 1.94. The molecule has 2 amide bonds. The van der Waals surface area contributed by atoms with Crippen LogP contribution in [0.4, 0.5) is 0 Å². The fraction of sp³-hybridized carbons (Fsp3) is 0.700. The van der Waals surface area contributed by atoms with E-state index in [1.54, 1.807) is 0 Å². The summed E-state index contributed by atoms with van der Waals surface area (Å²) < 4.78 is 5.03. The second-order valence-corrected chi connectivity index (χ2v) is 3.43. The Morgan fingerprint density at radius 1 is 1.41 bits per heavy atom. The predicted octanol–water partition coefficient (Wildman–Crippen LogP) is -0.752. The van der Waals surface area contributed by atoms with Crippen molar-refractivity contribution in [3.63, 3.8) is 0 Å². The number of nitrogens with two attached hydrogens (primary N) is 1. The molecule has 0 aromatic rings. The lowest BCUT2D eigenvalue weighted by Crippen LogP contribution is -2.43. The number of carbonyl (C=O) groups excluding carboxylic acids is 2. The van der Waals surface area contributed by atoms with Crippen LogP contribution in [0.1, 0.15) is 26.2 Å². The number of primary amides is 1. The van der Waals surface area contributed by atoms with Gasteiger partial charge in [0, 0.05) is 19.6 Å². The summed E-state index contributed by atoms with van der Waals surface area (Å²) in [5.41, 5.74) is 4.87. The Bertz CT molecular complexity index is 280. The van der Waals surface area contributed by atoms with Crippen LogP contribution < -0.4 is 11.1 Å². The number of aliphatic carboxylic acids is 1. The number of rotatable bonds is 9. The molecule has 0 unspecified atom stereocenters. The molecule has 0 heterocycles. The van der Waals surface area contributed by atoms with Crippen molar-refractivity contribution < 1.29 is 24.2 Å². The van der Waals surface area contributed by atoms with Gasteiger partial charge < -0.3 is 20.9 Å². The van der Waals surface area contributed by atoms with Gasteiger partial charge in [0.2, 0.25) is 11.8 Å². The first kappa shape index (κ1) is 15.4. The number of hydrogen-bond acceptors (Lipinski definition) is 4. The molecule has 0 spiro atoms. The molecule has 0 saturated heterocycles. The zero-order valence-corrected chi connectivity index (χ0v) is 9.77. The molecule has 0 fully saturated rings. The zero-order chi connectivity index (χ0) is 13.3. The fourth-order valence-corrected chi connectivity index (χ4v) is 1.15. The van der Waals surface area contributed by atoms with E-state index in [1.807, 2.05) is 6.92 Å². The molecule has 0 bridgehead atoms. The van der Waals surface area contributed by atoms with Crippen LogP contribution in [0.3, 0.4) is 0 Å². The largest absolute Gasteiger partial charge is 0.480 e. The molecule has 0 aliphatic carbocycles. The van der Waals surface area contributed by atoms with E-state index >= 15 is 0 Å². The second-order valence-electron chi connectivity index (χ2n) is 3.43. The molecule has 0 rings (SSSR count). The van der Waals surface area contributed by atoms with Gasteiger partial charge in [-0.15, -0.1) is 0 Å². The van der Waals surface area contributed by atoms with Gasteiger partial charge in [-0.05, 0) is 13.3 Å². The van der Waals surface area contributed by atoms with Gasteiger partial charge in [-0.2, -0.15) is 0 Å². The monoisotopic (exact) mass is 246 g/mol. The van der Waals surface area contributed by atoms with E-state index in [2.05, 4.69) is 5.32 Å². The predicted molar refractivity (Wildman–Crippen MR) is 59.1 cm³/mol. The lowest BCUT2D eigenvalue weighted by Gasteiger charge is -2.12. The normalized spacial score (nSPS) is 11.8. The van der Waals surface area contributed by atoms with E-state index in [0.29, 0.717) is 19.6 Å². The average Bonchev–Trinajstić information content (AvgIpc) is 2.22. The zero-order valence-electron chi connectivity index (χ0n) is 9.77. The summed E-state index contributed by atoms with van der Waals surface area (Å²) >= 11 is 0. The number of hydrogen-bond donors (Lipinski definition) is 3. The number of nitrogens with one attached hydrogen (secondary N) is 1. The fourth-order valence-electron chi connectivity index (χ4n) is 1.15. The molecule has 17 heavy (non-hydrogen) atoms. The van der Waals surface area contributed by atoms with Crippen molar-refractivity contribution in [1.82, 2.24) is 5.32 Å². The van der Waals surface area contributed by atoms with Gasteiger partial charge >= 0.3 is 5.97 Å². The third kappa shape index (κ3) is 8.21. The van der Waals surface area contributed by atoms with Crippen LogP contribution in [0.15, 0.2) is 0 Å². The maximum Gasteiger partial charge on any atom is 0.326 e. The summed E-state index contributed by atoms with van der Waals surface area (Å²) in [6, 6.07) is -1.26. The molecule has 0 aromatic heterocycles. The van der Waals surface area contributed by atoms with Crippen LogP contribution in [0.5, 0.6) is 0 Å². The number of carboxylic acids is 1. The van der Waals surface area contributed by atoms with Crippen LogP contribution in [-0.4, -0.2) is 42.1 Å². The lowest BCUT2D eigenvalue weighted by molar-refractivity contribution is -0.143. The van der Waals surface area contributed by atoms with Gasteiger partial charge in [-0.25, -0.2) is 4.79 Å². The molecule has 7 heteroatoms. The summed E-state index contributed by atoms with van der Waals surface area (Å²) in [6.07, 6.45) is 0.248. The van der Waals surface area contributed by atoms with E-state index in [1.165, 1.54) is 0 Å². The van der Waals surface area contributed by atoms with Crippen LogP contribution >= 0.6 is 0 Å². The molecule has 98 valence electrons. The molecule has 4 N–H and O–H groups in total. The maximum absolute atomic E-state index is 11.3. The highest BCUT2D eigenvalue weighted by Gasteiger charge is 2.21. The SMILES string of the molecule is CCOCCCC(=O)N[C@H](CC(N)=O)C(=O)O. The quantitative estimate of drug-likeness (QED) is 0.462. The molecule has 7 nitrogen and oxygen atoms in total. The van der Waals surface area contributed by atoms with E-state index in [9.17, 15) is 14.4 Å². The topological polar surface area (TPSA) is 119 Å². The molecular weight excluding hydrogens is 228 g/mol. The van der Waals surface area contributed by atoms with Crippen molar-refractivity contribution in [1.29, 1.82) is 0 Å². The summed E-state index contributed by atoms with van der Waals surface area (Å²) in [4.78, 5) is 32.6. The van der Waals surface area contributed by atoms with E-state index in [4.69, 9.17) is 15.6 Å². The van der Waals surface area contributed by atoms with Crippen LogP contribution in [0.2, 0.25) is 0 Å². The minimum atomic E-state index is -1.28. The molecule has 0 aliphatic rings. The van der Waals surface area contributed by atoms with Crippen molar-refractivity contribution in [2.75, 3.05) is 13.2 Å². The summed E-state index contributed by atoms with van der Waals surface area (Å²) in [7, 11) is 0. The second kappa shape index (κ2) is 8.51. The van der Waals surface area contributed by atoms with Crippen LogP contribution in [0.25, 0.3) is 0 Å². The van der Waals surface area contributed by atoms with Gasteiger partial charge in [0.15, 0.2) is 0 Å². The Morgan fingerprint density at radius 2 is 2.06 bits per heavy atom. The Labute approximate surface area is 99.3 Å². The van der Waals surface area contributed by atoms with Gasteiger partial charge in [-0.1, -0.05) is 0 Å². The third-order valence-corrected chi connectivity index (χ3v) is 1.94. The number of carboxylic acid groups (broad SMARTS) is 1. The van der Waals surface area contributed by atoms with Crippen LogP contribution in [-0.2, 0) is 19.1 Å². The Morgan fingerprint density at radius 3 is 2.53 bits per heavy atom. The average molecular weight is 246 g/mol. The first-order valence-electron chi connectivity index (χ1n) is 5.35. The summed E-state index contributed by atoms with van der Waals surface area (Å²) in [5.74, 6) is -2.48. The smallest absolute Gasteiger partial charge is 0.326 e. The molecular formula is C10H18N2O5. The number of amides is 2. The highest BCUT2D eigenvalue weighted by Crippen LogP contribution is 1.96. The molecule has 0 aliphatic heterocycles. The first-order valence-corrected chi connectivity index (χ1v) is 5.35. The van der Waals surface area contributed by atoms with Gasteiger partial charge in [0.05, 0.1) is 6.42 Å². The van der Waals surface area contributed by atoms with Crippen molar-refractivity contribution in [2.45, 2.75) is 32.2 Å². The molecule has 0 saturated carbocycles. The van der Waals surface area contributed by atoms with Crippen molar-refractivity contribution in [2.24, 2.45) is 5.73 Å². The van der Waals surface area contributed by atoms with E-state index in [0.717, 1.165) is 0 Å². The van der Waals surface area contributed by atoms with Crippen molar-refractivity contribution in [3.05, 3.63) is 0 Å². The Hall–Kier alpha value is -1.63. The van der Waals surface area contributed by atoms with E-state index < -0.39 is 30.2 Å². The molecule has 0 aromatic carbocycles. The Kier molecular flexibility index (Phi) is 7.70. The molecule has 0 radical (unpaired) electrons. The van der Waals surface area contributed by atoms with Gasteiger partial charge in [0.1, 0.15) is 6.04 Å². The van der Waals surface area contributed by atoms with Crippen molar-refractivity contribution in [3.8, 4) is 0 Å². The first-order chi connectivity index (χ1) is 7.97. The maximum atomic E-state index is 11.3. The highest BCUT2D eigenvalue weighted by molar-refractivity contribution is 5.88. The van der Waals surface area contributed by atoms with Gasteiger partial charge in [0.25, 0.3) is 0 Å². The summed E-state index contributed by atoms with van der Waals surface area (Å²) in [5, 5.41) is 11.0. The van der Waals surface area contributed by atoms with Crippen LogP contribution in [0, 0.1) is 0 Å². The van der Waals surface area contributed by atoms with Crippen molar-refractivity contribution >= 4 is 17.8 Å². The lowest BCUT2D eigenvalue weighted by atomic mass is 10.2. The van der Waals surface area contributed by atoms with E-state index in [-0.39, 0.29) is 6.42 Å². The minimum absolute atomic E-state index is 0.155.